The Bertz CT molecular complexity index is 865. The lowest BCUT2D eigenvalue weighted by atomic mass is 10.2. The number of carbonyl (C=O) groups is 3. The smallest absolute Gasteiger partial charge is 0.355 e. The van der Waals surface area contributed by atoms with Gasteiger partial charge in [0.25, 0.3) is 5.91 Å². The standard InChI is InChI=1S/C20H19FN2O4/c1-13(19(25)23-17-11-7-6-10-16(17)21)27-20(26)18(22-14(2)24)12-15-8-4-3-5-9-15/h3-13H,1-2H3,(H,22,24)(H,23,25)/b18-12-/t13-/m0/s1. The number of hydrogen-bond acceptors (Lipinski definition) is 4. The molecule has 0 saturated heterocycles. The first-order chi connectivity index (χ1) is 12.9. The molecule has 27 heavy (non-hydrogen) atoms. The topological polar surface area (TPSA) is 84.5 Å². The van der Waals surface area contributed by atoms with E-state index in [2.05, 4.69) is 10.6 Å². The summed E-state index contributed by atoms with van der Waals surface area (Å²) in [6.45, 7) is 2.60. The van der Waals surface area contributed by atoms with E-state index in [-0.39, 0.29) is 11.4 Å². The Morgan fingerprint density at radius 3 is 2.30 bits per heavy atom. The Morgan fingerprint density at radius 2 is 1.67 bits per heavy atom. The van der Waals surface area contributed by atoms with Gasteiger partial charge in [0, 0.05) is 6.92 Å². The minimum atomic E-state index is -1.20. The average molecular weight is 370 g/mol. The van der Waals surface area contributed by atoms with Crippen LogP contribution in [0.3, 0.4) is 0 Å². The quantitative estimate of drug-likeness (QED) is 0.605. The van der Waals surface area contributed by atoms with Crippen molar-refractivity contribution < 1.29 is 23.5 Å². The van der Waals surface area contributed by atoms with Gasteiger partial charge in [-0.3, -0.25) is 9.59 Å². The summed E-state index contributed by atoms with van der Waals surface area (Å²) < 4.78 is 18.7. The third-order valence-corrected chi connectivity index (χ3v) is 3.43. The maximum atomic E-state index is 13.6. The van der Waals surface area contributed by atoms with Gasteiger partial charge < -0.3 is 15.4 Å². The lowest BCUT2D eigenvalue weighted by molar-refractivity contribution is -0.149. The van der Waals surface area contributed by atoms with Gasteiger partial charge in [-0.05, 0) is 30.7 Å². The lowest BCUT2D eigenvalue weighted by Gasteiger charge is -2.15. The second-order valence-corrected chi connectivity index (χ2v) is 5.67. The van der Waals surface area contributed by atoms with Crippen LogP contribution in [0.1, 0.15) is 19.4 Å². The molecule has 0 saturated carbocycles. The van der Waals surface area contributed by atoms with E-state index in [0.29, 0.717) is 5.56 Å². The molecule has 0 aromatic heterocycles. The van der Waals surface area contributed by atoms with E-state index >= 15 is 0 Å². The highest BCUT2D eigenvalue weighted by Gasteiger charge is 2.22. The number of anilines is 1. The number of para-hydroxylation sites is 1. The minimum Gasteiger partial charge on any atom is -0.448 e. The van der Waals surface area contributed by atoms with Crippen molar-refractivity contribution in [2.24, 2.45) is 0 Å². The first-order valence-electron chi connectivity index (χ1n) is 8.17. The summed E-state index contributed by atoms with van der Waals surface area (Å²) in [6.07, 6.45) is 0.232. The van der Waals surface area contributed by atoms with Crippen LogP contribution >= 0.6 is 0 Å². The Kier molecular flexibility index (Phi) is 6.82. The molecule has 140 valence electrons. The molecule has 0 aliphatic rings. The molecule has 0 aliphatic carbocycles. The minimum absolute atomic E-state index is 0.0210. The van der Waals surface area contributed by atoms with Crippen LogP contribution < -0.4 is 10.6 Å². The van der Waals surface area contributed by atoms with Crippen molar-refractivity contribution in [2.75, 3.05) is 5.32 Å². The van der Waals surface area contributed by atoms with Gasteiger partial charge in [0.15, 0.2) is 6.10 Å². The molecule has 6 nitrogen and oxygen atoms in total. The van der Waals surface area contributed by atoms with E-state index in [0.717, 1.165) is 0 Å². The summed E-state index contributed by atoms with van der Waals surface area (Å²) in [6, 6.07) is 14.5. The van der Waals surface area contributed by atoms with Gasteiger partial charge in [-0.15, -0.1) is 0 Å². The zero-order valence-electron chi connectivity index (χ0n) is 14.9. The second-order valence-electron chi connectivity index (χ2n) is 5.67. The van der Waals surface area contributed by atoms with Crippen LogP contribution in [-0.2, 0) is 19.1 Å². The summed E-state index contributed by atoms with van der Waals surface area (Å²) in [4.78, 5) is 35.9. The van der Waals surface area contributed by atoms with Crippen LogP contribution in [0.15, 0.2) is 60.3 Å². The number of nitrogens with one attached hydrogen (secondary N) is 2. The highest BCUT2D eigenvalue weighted by molar-refractivity contribution is 6.00. The summed E-state index contributed by atoms with van der Waals surface area (Å²) >= 11 is 0. The van der Waals surface area contributed by atoms with Crippen LogP contribution in [0.4, 0.5) is 10.1 Å². The second kappa shape index (κ2) is 9.28. The number of hydrogen-bond donors (Lipinski definition) is 2. The molecule has 2 aromatic rings. The number of halogens is 1. The van der Waals surface area contributed by atoms with Gasteiger partial charge in [-0.25, -0.2) is 9.18 Å². The van der Waals surface area contributed by atoms with Gasteiger partial charge in [-0.2, -0.15) is 0 Å². The summed E-state index contributed by atoms with van der Waals surface area (Å²) in [7, 11) is 0. The van der Waals surface area contributed by atoms with Crippen molar-refractivity contribution in [2.45, 2.75) is 20.0 Å². The van der Waals surface area contributed by atoms with E-state index in [1.165, 1.54) is 38.1 Å². The maximum absolute atomic E-state index is 13.6. The zero-order valence-corrected chi connectivity index (χ0v) is 14.9. The highest BCUT2D eigenvalue weighted by Crippen LogP contribution is 2.14. The fourth-order valence-corrected chi connectivity index (χ4v) is 2.13. The number of amides is 2. The first kappa shape index (κ1) is 19.8. The molecule has 2 aromatic carbocycles. The Balaban J connectivity index is 2.09. The van der Waals surface area contributed by atoms with Crippen LogP contribution in [0.5, 0.6) is 0 Å². The van der Waals surface area contributed by atoms with E-state index in [1.807, 2.05) is 6.07 Å². The Labute approximate surface area is 156 Å². The molecule has 0 bridgehead atoms. The SMILES string of the molecule is CC(=O)N/C(=C\c1ccccc1)C(=O)O[C@@H](C)C(=O)Nc1ccccc1F. The fraction of sp³-hybridized carbons (Fsp3) is 0.150. The number of carbonyl (C=O) groups excluding carboxylic acids is 3. The van der Waals surface area contributed by atoms with Crippen molar-refractivity contribution in [3.63, 3.8) is 0 Å². The first-order valence-corrected chi connectivity index (χ1v) is 8.17. The Hall–Kier alpha value is -3.48. The molecule has 0 fully saturated rings. The van der Waals surface area contributed by atoms with Crippen molar-refractivity contribution in [1.29, 1.82) is 0 Å². The van der Waals surface area contributed by atoms with Crippen molar-refractivity contribution >= 4 is 29.5 Å². The van der Waals surface area contributed by atoms with Crippen LogP contribution in [0, 0.1) is 5.82 Å². The lowest BCUT2D eigenvalue weighted by Crippen LogP contribution is -2.34. The van der Waals surface area contributed by atoms with E-state index in [1.54, 1.807) is 30.3 Å². The molecule has 0 radical (unpaired) electrons. The van der Waals surface area contributed by atoms with Crippen molar-refractivity contribution in [1.82, 2.24) is 5.32 Å². The summed E-state index contributed by atoms with van der Waals surface area (Å²) in [5.74, 6) is -2.65. The van der Waals surface area contributed by atoms with E-state index in [9.17, 15) is 18.8 Å². The van der Waals surface area contributed by atoms with Gasteiger partial charge >= 0.3 is 5.97 Å². The van der Waals surface area contributed by atoms with Gasteiger partial charge in [0.2, 0.25) is 5.91 Å². The normalized spacial score (nSPS) is 12.0. The largest absolute Gasteiger partial charge is 0.448 e. The van der Waals surface area contributed by atoms with Crippen molar-refractivity contribution in [3.8, 4) is 0 Å². The third-order valence-electron chi connectivity index (χ3n) is 3.43. The summed E-state index contributed by atoms with van der Waals surface area (Å²) in [5, 5.41) is 4.73. The van der Waals surface area contributed by atoms with Gasteiger partial charge in [0.1, 0.15) is 11.5 Å². The zero-order chi connectivity index (χ0) is 19.8. The third kappa shape index (κ3) is 6.07. The molecule has 2 rings (SSSR count). The molecule has 0 heterocycles. The number of rotatable bonds is 6. The molecule has 2 amide bonds. The van der Waals surface area contributed by atoms with Crippen molar-refractivity contribution in [3.05, 3.63) is 71.7 Å². The van der Waals surface area contributed by atoms with E-state index in [4.69, 9.17) is 4.74 Å². The molecular weight excluding hydrogens is 351 g/mol. The average Bonchev–Trinajstić information content (AvgIpc) is 2.63. The molecule has 2 N–H and O–H groups in total. The molecule has 1 atom stereocenters. The predicted octanol–water partition coefficient (Wildman–Crippen LogP) is 2.87. The summed E-state index contributed by atoms with van der Waals surface area (Å²) in [5.41, 5.74) is 0.535. The fourth-order valence-electron chi connectivity index (χ4n) is 2.13. The molecule has 0 unspecified atom stereocenters. The van der Waals surface area contributed by atoms with E-state index < -0.39 is 29.7 Å². The predicted molar refractivity (Wildman–Crippen MR) is 98.8 cm³/mol. The number of ether oxygens (including phenoxy) is 1. The number of esters is 1. The van der Waals surface area contributed by atoms with Gasteiger partial charge in [-0.1, -0.05) is 42.5 Å². The molecule has 7 heteroatoms. The molecule has 0 aliphatic heterocycles. The molecule has 0 spiro atoms. The Morgan fingerprint density at radius 1 is 1.04 bits per heavy atom. The monoisotopic (exact) mass is 370 g/mol. The highest BCUT2D eigenvalue weighted by atomic mass is 19.1. The van der Waals surface area contributed by atoms with Gasteiger partial charge in [0.05, 0.1) is 5.69 Å². The number of benzene rings is 2. The molecular formula is C20H19FN2O4. The van der Waals surface area contributed by atoms with Crippen LogP contribution in [0.25, 0.3) is 6.08 Å². The van der Waals surface area contributed by atoms with Crippen LogP contribution in [0.2, 0.25) is 0 Å². The maximum Gasteiger partial charge on any atom is 0.355 e. The van der Waals surface area contributed by atoms with Crippen LogP contribution in [-0.4, -0.2) is 23.9 Å².